The van der Waals surface area contributed by atoms with E-state index in [1.54, 1.807) is 24.3 Å². The molecule has 0 spiro atoms. The number of hydrogen-bond acceptors (Lipinski definition) is 7. The standard InChI is InChI=1S/C30H33N3O5S.H2/c1-33-17-3-5-24(33)13-16-31-39(35,36)25-10-7-21(8-11-25)26-6-2-4-23(32-26)19-29(34)30(14-15-30)22-9-12-27-28(18-22)38-20-37-27;/h2,4,6-12,18,24,31H,3,5,13-17,19-20H2,1H3;1H. The average Bonchev–Trinajstić information content (AvgIpc) is 3.45. The van der Waals surface area contributed by atoms with Crippen LogP contribution in [0.2, 0.25) is 0 Å². The van der Waals surface area contributed by atoms with Gasteiger partial charge in [-0.05, 0) is 87.7 Å². The van der Waals surface area contributed by atoms with Crippen LogP contribution in [0.1, 0.15) is 44.8 Å². The van der Waals surface area contributed by atoms with E-state index in [2.05, 4.69) is 16.7 Å². The van der Waals surface area contributed by atoms with Crippen LogP contribution >= 0.6 is 0 Å². The van der Waals surface area contributed by atoms with Crippen LogP contribution in [-0.4, -0.2) is 57.1 Å². The third-order valence-electron chi connectivity index (χ3n) is 8.26. The number of carbonyl (C=O) groups excluding carboxylic acids is 1. The van der Waals surface area contributed by atoms with Crippen LogP contribution in [-0.2, 0) is 26.7 Å². The van der Waals surface area contributed by atoms with Crippen LogP contribution in [0.25, 0.3) is 11.3 Å². The molecule has 0 radical (unpaired) electrons. The summed E-state index contributed by atoms with van der Waals surface area (Å²) in [5.41, 5.74) is 2.67. The zero-order valence-corrected chi connectivity index (χ0v) is 22.9. The summed E-state index contributed by atoms with van der Waals surface area (Å²) in [5, 5.41) is 0. The number of nitrogens with zero attached hydrogens (tertiary/aromatic N) is 2. The predicted octanol–water partition coefficient (Wildman–Crippen LogP) is 4.33. The molecule has 3 aliphatic rings. The van der Waals surface area contributed by atoms with Gasteiger partial charge in [-0.2, -0.15) is 0 Å². The lowest BCUT2D eigenvalue weighted by molar-refractivity contribution is -0.120. The van der Waals surface area contributed by atoms with Gasteiger partial charge in [0.05, 0.1) is 16.0 Å². The van der Waals surface area contributed by atoms with Gasteiger partial charge in [0.2, 0.25) is 16.8 Å². The number of carbonyl (C=O) groups is 1. The molecule has 1 saturated carbocycles. The molecule has 39 heavy (non-hydrogen) atoms. The summed E-state index contributed by atoms with van der Waals surface area (Å²) in [7, 11) is -1.49. The minimum atomic E-state index is -3.58. The molecule has 1 unspecified atom stereocenters. The summed E-state index contributed by atoms with van der Waals surface area (Å²) in [6, 6.07) is 18.6. The first-order chi connectivity index (χ1) is 18.8. The molecule has 1 N–H and O–H groups in total. The third kappa shape index (κ3) is 5.31. The molecule has 1 saturated heterocycles. The molecule has 0 amide bonds. The normalized spacial score (nSPS) is 19.8. The quantitative estimate of drug-likeness (QED) is 0.402. The van der Waals surface area contributed by atoms with E-state index >= 15 is 0 Å². The molecule has 6 rings (SSSR count). The molecular weight excluding hydrogens is 514 g/mol. The van der Waals surface area contributed by atoms with Gasteiger partial charge in [0.15, 0.2) is 11.5 Å². The molecule has 0 bridgehead atoms. The van der Waals surface area contributed by atoms with Crippen molar-refractivity contribution >= 4 is 15.8 Å². The molecule has 1 aromatic heterocycles. The number of benzene rings is 2. The monoisotopic (exact) mass is 549 g/mol. The highest BCUT2D eigenvalue weighted by molar-refractivity contribution is 7.89. The van der Waals surface area contributed by atoms with E-state index in [-0.39, 0.29) is 25.3 Å². The van der Waals surface area contributed by atoms with Crippen LogP contribution in [0.4, 0.5) is 0 Å². The minimum Gasteiger partial charge on any atom is -0.454 e. The Hall–Kier alpha value is -3.27. The van der Waals surface area contributed by atoms with Crippen molar-refractivity contribution in [2.75, 3.05) is 26.9 Å². The van der Waals surface area contributed by atoms with E-state index in [1.807, 2.05) is 36.4 Å². The van der Waals surface area contributed by atoms with E-state index in [0.717, 1.165) is 43.4 Å². The minimum absolute atomic E-state index is 0. The molecule has 2 aromatic carbocycles. The maximum absolute atomic E-state index is 13.4. The van der Waals surface area contributed by atoms with E-state index in [9.17, 15) is 13.2 Å². The number of hydrogen-bond donors (Lipinski definition) is 1. The highest BCUT2D eigenvalue weighted by Crippen LogP contribution is 2.51. The smallest absolute Gasteiger partial charge is 0.240 e. The van der Waals surface area contributed by atoms with Gasteiger partial charge in [0.25, 0.3) is 0 Å². The fraction of sp³-hybridized carbons (Fsp3) is 0.400. The van der Waals surface area contributed by atoms with Gasteiger partial charge < -0.3 is 14.4 Å². The van der Waals surface area contributed by atoms with Crippen molar-refractivity contribution < 1.29 is 24.1 Å². The number of fused-ring (bicyclic) bond motifs is 1. The first-order valence-electron chi connectivity index (χ1n) is 13.5. The summed E-state index contributed by atoms with van der Waals surface area (Å²) in [6.07, 6.45) is 4.94. The first kappa shape index (κ1) is 26.0. The number of likely N-dealkylation sites (tertiary alicyclic amines) is 1. The highest BCUT2D eigenvalue weighted by atomic mass is 32.2. The Kier molecular flexibility index (Phi) is 6.91. The maximum atomic E-state index is 13.4. The molecule has 2 aliphatic heterocycles. The van der Waals surface area contributed by atoms with Gasteiger partial charge in [-0.3, -0.25) is 9.78 Å². The molecular formula is C30H35N3O5S. The van der Waals surface area contributed by atoms with Crippen LogP contribution in [0.5, 0.6) is 11.5 Å². The molecule has 1 aliphatic carbocycles. The molecule has 2 fully saturated rings. The topological polar surface area (TPSA) is 97.8 Å². The van der Waals surface area contributed by atoms with Gasteiger partial charge in [0.1, 0.15) is 5.78 Å². The number of rotatable bonds is 10. The Morgan fingerprint density at radius 1 is 1.10 bits per heavy atom. The number of nitrogens with one attached hydrogen (secondary N) is 1. The first-order valence-corrected chi connectivity index (χ1v) is 15.0. The number of ether oxygens (including phenoxy) is 2. The van der Waals surface area contributed by atoms with Crippen molar-refractivity contribution in [1.82, 2.24) is 14.6 Å². The fourth-order valence-corrected chi connectivity index (χ4v) is 6.76. The SMILES string of the molecule is CN1CCCC1CCNS(=O)(=O)c1ccc(-c2cccc(CC(=O)C3(c4ccc5c(c4)OCO5)CC3)n2)cc1.[HH]. The Bertz CT molecular complexity index is 1490. The van der Waals surface area contributed by atoms with Gasteiger partial charge in [-0.15, -0.1) is 0 Å². The van der Waals surface area contributed by atoms with Crippen LogP contribution in [0, 0.1) is 0 Å². The Balaban J connectivity index is 0.00000323. The molecule has 206 valence electrons. The summed E-state index contributed by atoms with van der Waals surface area (Å²) < 4.78 is 39.2. The lowest BCUT2D eigenvalue weighted by Gasteiger charge is -2.19. The Morgan fingerprint density at radius 3 is 2.64 bits per heavy atom. The number of sulfonamides is 1. The third-order valence-corrected chi connectivity index (χ3v) is 9.74. The zero-order chi connectivity index (χ0) is 27.0. The van der Waals surface area contributed by atoms with E-state index in [1.165, 1.54) is 6.42 Å². The second-order valence-corrected chi connectivity index (χ2v) is 12.5. The van der Waals surface area contributed by atoms with Gasteiger partial charge in [-0.1, -0.05) is 24.3 Å². The lowest BCUT2D eigenvalue weighted by Crippen LogP contribution is -2.31. The maximum Gasteiger partial charge on any atom is 0.240 e. The molecule has 3 heterocycles. The number of Topliss-reactive ketones (excluding diaryl/α,β-unsaturated/α-hetero) is 1. The van der Waals surface area contributed by atoms with E-state index in [0.29, 0.717) is 35.5 Å². The number of aromatic nitrogens is 1. The van der Waals surface area contributed by atoms with Crippen molar-refractivity contribution in [3.05, 3.63) is 71.9 Å². The predicted molar refractivity (Wildman–Crippen MR) is 149 cm³/mol. The summed E-state index contributed by atoms with van der Waals surface area (Å²) in [4.78, 5) is 20.7. The summed E-state index contributed by atoms with van der Waals surface area (Å²) in [5.74, 6) is 1.54. The highest BCUT2D eigenvalue weighted by Gasteiger charge is 2.51. The number of ketones is 1. The average molecular weight is 550 g/mol. The molecule has 3 aromatic rings. The van der Waals surface area contributed by atoms with Gasteiger partial charge >= 0.3 is 0 Å². The Labute approximate surface area is 230 Å². The fourth-order valence-electron chi connectivity index (χ4n) is 5.71. The van der Waals surface area contributed by atoms with Gasteiger partial charge in [-0.25, -0.2) is 13.1 Å². The van der Waals surface area contributed by atoms with Crippen molar-refractivity contribution in [2.24, 2.45) is 0 Å². The summed E-state index contributed by atoms with van der Waals surface area (Å²) in [6.45, 7) is 1.70. The lowest BCUT2D eigenvalue weighted by atomic mass is 9.88. The summed E-state index contributed by atoms with van der Waals surface area (Å²) >= 11 is 0. The van der Waals surface area contributed by atoms with E-state index in [4.69, 9.17) is 14.5 Å². The zero-order valence-electron chi connectivity index (χ0n) is 22.1. The molecule has 1 atom stereocenters. The van der Waals surface area contributed by atoms with E-state index < -0.39 is 15.4 Å². The van der Waals surface area contributed by atoms with Crippen molar-refractivity contribution in [3.8, 4) is 22.8 Å². The second kappa shape index (κ2) is 10.4. The van der Waals surface area contributed by atoms with Crippen molar-refractivity contribution in [1.29, 1.82) is 0 Å². The second-order valence-electron chi connectivity index (χ2n) is 10.8. The molecule has 8 nitrogen and oxygen atoms in total. The number of pyridine rings is 1. The van der Waals surface area contributed by atoms with Crippen LogP contribution < -0.4 is 14.2 Å². The largest absolute Gasteiger partial charge is 0.454 e. The van der Waals surface area contributed by atoms with Crippen LogP contribution in [0.15, 0.2) is 65.6 Å². The van der Waals surface area contributed by atoms with Crippen molar-refractivity contribution in [2.45, 2.75) is 54.9 Å². The van der Waals surface area contributed by atoms with Crippen LogP contribution in [0.3, 0.4) is 0 Å². The molecule has 9 heteroatoms. The Morgan fingerprint density at radius 2 is 1.90 bits per heavy atom. The van der Waals surface area contributed by atoms with Gasteiger partial charge in [0, 0.05) is 31.7 Å². The van der Waals surface area contributed by atoms with Crippen molar-refractivity contribution in [3.63, 3.8) is 0 Å².